The number of amides is 1. The van der Waals surface area contributed by atoms with Crippen LogP contribution in [-0.2, 0) is 46.5 Å². The molecule has 0 bridgehead atoms. The van der Waals surface area contributed by atoms with Crippen LogP contribution >= 0.6 is 0 Å². The number of ether oxygens (including phenoxy) is 9. The third-order valence-electron chi connectivity index (χ3n) is 9.58. The van der Waals surface area contributed by atoms with Crippen LogP contribution in [0.4, 0.5) is 4.79 Å². The Hall–Kier alpha value is -5.23. The van der Waals surface area contributed by atoms with Crippen LogP contribution in [0.2, 0.25) is 0 Å². The van der Waals surface area contributed by atoms with Crippen LogP contribution in [0.3, 0.4) is 0 Å². The lowest BCUT2D eigenvalue weighted by atomic mass is 9.84. The summed E-state index contributed by atoms with van der Waals surface area (Å²) in [5.74, 6) is 1.81. The first-order valence-corrected chi connectivity index (χ1v) is 19.4. The van der Waals surface area contributed by atoms with Crippen molar-refractivity contribution in [2.45, 2.75) is 43.9 Å². The molecule has 0 radical (unpaired) electrons. The quantitative estimate of drug-likeness (QED) is 0.0498. The number of benzene rings is 4. The molecule has 1 saturated heterocycles. The van der Waals surface area contributed by atoms with E-state index in [1.807, 2.05) is 84.9 Å². The fourth-order valence-electron chi connectivity index (χ4n) is 6.83. The number of piperidine rings is 1. The number of carbonyl (C=O) groups is 1. The van der Waals surface area contributed by atoms with Crippen molar-refractivity contribution in [2.24, 2.45) is 0 Å². The maximum Gasteiger partial charge on any atom is 0.410 e. The van der Waals surface area contributed by atoms with E-state index in [1.165, 1.54) is 12.0 Å². The van der Waals surface area contributed by atoms with Gasteiger partial charge in [-0.3, -0.25) is 0 Å². The highest BCUT2D eigenvalue weighted by molar-refractivity contribution is 5.89. The third kappa shape index (κ3) is 13.9. The molecular formula is C43H54N2O14. The molecule has 16 nitrogen and oxygen atoms in total. The molecule has 59 heavy (non-hydrogen) atoms. The summed E-state index contributed by atoms with van der Waals surface area (Å²) in [5.41, 5.74) is 2.75. The number of methoxy groups -OCH3 is 3. The van der Waals surface area contributed by atoms with Gasteiger partial charge in [-0.15, -0.1) is 10.1 Å². The fourth-order valence-corrected chi connectivity index (χ4v) is 6.83. The first kappa shape index (κ1) is 44.9. The topological polar surface area (TPSA) is 176 Å². The number of aliphatic hydroxyl groups is 1. The van der Waals surface area contributed by atoms with E-state index < -0.39 is 29.5 Å². The highest BCUT2D eigenvalue weighted by Gasteiger charge is 2.42. The SMILES string of the molecule is COCC(O)COC1CN(C(=O)OCCOCCO[N+](=O)[O-])CC(OCc2cc(OC)c3ccccc3c2)C1c1ccc(OCCCOCc2ccccc2OC)cc1. The van der Waals surface area contributed by atoms with Gasteiger partial charge in [0, 0.05) is 30.4 Å². The number of fused-ring (bicyclic) bond motifs is 1. The van der Waals surface area contributed by atoms with E-state index in [0.717, 1.165) is 33.2 Å². The summed E-state index contributed by atoms with van der Waals surface area (Å²) in [4.78, 5) is 29.6. The number of hydrogen-bond donors (Lipinski definition) is 1. The van der Waals surface area contributed by atoms with Gasteiger partial charge in [0.05, 0.1) is 92.4 Å². The molecule has 4 atom stereocenters. The summed E-state index contributed by atoms with van der Waals surface area (Å²) >= 11 is 0. The predicted molar refractivity (Wildman–Crippen MR) is 215 cm³/mol. The van der Waals surface area contributed by atoms with Crippen LogP contribution in [0.25, 0.3) is 10.8 Å². The maximum absolute atomic E-state index is 13.5. The van der Waals surface area contributed by atoms with Crippen LogP contribution in [0.1, 0.15) is 29.0 Å². The standard InChI is InChI=1S/C43H54N2O14/c1-50-29-35(46)30-58-41-26-44(43(47)56-21-19-53-20-22-59-45(48)49)25-40(57-27-31-23-33-9-4-6-11-37(33)39(24-31)52-3)42(41)32-13-15-36(16-14-32)55-18-8-17-54-28-34-10-5-7-12-38(34)51-2/h4-7,9-16,23-24,35,40-42,46H,8,17-22,25-30H2,1-3H3. The Balaban J connectivity index is 1.29. The van der Waals surface area contributed by atoms with Crippen LogP contribution in [0, 0.1) is 10.1 Å². The molecule has 0 aromatic heterocycles. The van der Waals surface area contributed by atoms with E-state index in [0.29, 0.717) is 37.7 Å². The van der Waals surface area contributed by atoms with Crippen molar-refractivity contribution in [3.05, 3.63) is 112 Å². The number of aliphatic hydroxyl groups excluding tert-OH is 1. The van der Waals surface area contributed by atoms with Gasteiger partial charge in [-0.1, -0.05) is 54.6 Å². The number of para-hydroxylation sites is 1. The molecule has 1 amide bonds. The van der Waals surface area contributed by atoms with E-state index in [1.54, 1.807) is 14.2 Å². The van der Waals surface area contributed by atoms with Crippen molar-refractivity contribution in [2.75, 3.05) is 87.3 Å². The molecule has 1 aliphatic heterocycles. The van der Waals surface area contributed by atoms with Crippen LogP contribution in [0.15, 0.2) is 84.9 Å². The molecule has 320 valence electrons. The van der Waals surface area contributed by atoms with Crippen molar-refractivity contribution in [1.82, 2.24) is 4.90 Å². The van der Waals surface area contributed by atoms with E-state index in [4.69, 9.17) is 42.6 Å². The molecule has 1 heterocycles. The molecule has 16 heteroatoms. The van der Waals surface area contributed by atoms with Gasteiger partial charge in [0.1, 0.15) is 36.6 Å². The summed E-state index contributed by atoms with van der Waals surface area (Å²) < 4.78 is 52.0. The minimum Gasteiger partial charge on any atom is -0.496 e. The number of likely N-dealkylation sites (tertiary alicyclic amines) is 1. The van der Waals surface area contributed by atoms with E-state index in [9.17, 15) is 20.0 Å². The van der Waals surface area contributed by atoms with Gasteiger partial charge in [-0.2, -0.15) is 0 Å². The molecular weight excluding hydrogens is 768 g/mol. The van der Waals surface area contributed by atoms with Gasteiger partial charge >= 0.3 is 6.09 Å². The van der Waals surface area contributed by atoms with Gasteiger partial charge in [-0.05, 0) is 46.8 Å². The Morgan fingerprint density at radius 1 is 0.797 bits per heavy atom. The Labute approximate surface area is 343 Å². The molecule has 4 unspecified atom stereocenters. The van der Waals surface area contributed by atoms with E-state index in [2.05, 4.69) is 4.84 Å². The molecule has 1 N–H and O–H groups in total. The Kier molecular flexibility index (Phi) is 18.2. The second kappa shape index (κ2) is 24.0. The van der Waals surface area contributed by atoms with Gasteiger partial charge in [0.2, 0.25) is 0 Å². The smallest absolute Gasteiger partial charge is 0.410 e. The zero-order valence-corrected chi connectivity index (χ0v) is 33.7. The molecule has 0 aliphatic carbocycles. The summed E-state index contributed by atoms with van der Waals surface area (Å²) in [6.07, 6.45) is -2.04. The molecule has 0 spiro atoms. The summed E-state index contributed by atoms with van der Waals surface area (Å²) in [6.45, 7) is 1.57. The van der Waals surface area contributed by atoms with Gasteiger partial charge in [-0.25, -0.2) is 4.79 Å². The molecule has 4 aromatic rings. The minimum absolute atomic E-state index is 0.0144. The molecule has 4 aromatic carbocycles. The zero-order valence-electron chi connectivity index (χ0n) is 33.7. The van der Waals surface area contributed by atoms with Gasteiger partial charge in [0.15, 0.2) is 0 Å². The molecule has 1 aliphatic rings. The monoisotopic (exact) mass is 822 g/mol. The number of nitrogens with zero attached hydrogens (tertiary/aromatic N) is 2. The van der Waals surface area contributed by atoms with Crippen LogP contribution < -0.4 is 14.2 Å². The third-order valence-corrected chi connectivity index (χ3v) is 9.58. The summed E-state index contributed by atoms with van der Waals surface area (Å²) in [5, 5.41) is 22.0. The molecule has 0 saturated carbocycles. The number of rotatable bonds is 25. The summed E-state index contributed by atoms with van der Waals surface area (Å²) in [6, 6.07) is 27.4. The zero-order chi connectivity index (χ0) is 41.8. The Bertz CT molecular complexity index is 1880. The van der Waals surface area contributed by atoms with Crippen molar-refractivity contribution in [3.8, 4) is 17.2 Å². The highest BCUT2D eigenvalue weighted by Crippen LogP contribution is 2.36. The van der Waals surface area contributed by atoms with E-state index in [-0.39, 0.29) is 65.3 Å². The predicted octanol–water partition coefficient (Wildman–Crippen LogP) is 5.58. The Morgan fingerprint density at radius 3 is 2.29 bits per heavy atom. The minimum atomic E-state index is -0.904. The van der Waals surface area contributed by atoms with Gasteiger partial charge < -0.3 is 57.5 Å². The lowest BCUT2D eigenvalue weighted by molar-refractivity contribution is -0.758. The lowest BCUT2D eigenvalue weighted by Crippen LogP contribution is -2.55. The van der Waals surface area contributed by atoms with Crippen molar-refractivity contribution in [3.63, 3.8) is 0 Å². The van der Waals surface area contributed by atoms with Crippen molar-refractivity contribution >= 4 is 16.9 Å². The average molecular weight is 823 g/mol. The first-order chi connectivity index (χ1) is 28.8. The maximum atomic E-state index is 13.5. The summed E-state index contributed by atoms with van der Waals surface area (Å²) in [7, 11) is 4.76. The lowest BCUT2D eigenvalue weighted by Gasteiger charge is -2.43. The molecule has 5 rings (SSSR count). The second-order valence-corrected chi connectivity index (χ2v) is 13.7. The number of hydrogen-bond acceptors (Lipinski definition) is 14. The number of carbonyl (C=O) groups excluding carboxylic acids is 1. The van der Waals surface area contributed by atoms with Crippen molar-refractivity contribution in [1.29, 1.82) is 0 Å². The van der Waals surface area contributed by atoms with Crippen LogP contribution in [-0.4, -0.2) is 127 Å². The highest BCUT2D eigenvalue weighted by atomic mass is 17.0. The van der Waals surface area contributed by atoms with Gasteiger partial charge in [0.25, 0.3) is 5.09 Å². The second-order valence-electron chi connectivity index (χ2n) is 13.7. The average Bonchev–Trinajstić information content (AvgIpc) is 3.25. The molecule has 1 fully saturated rings. The largest absolute Gasteiger partial charge is 0.496 e. The normalized spacial score (nSPS) is 17.0. The van der Waals surface area contributed by atoms with Crippen LogP contribution in [0.5, 0.6) is 17.2 Å². The first-order valence-electron chi connectivity index (χ1n) is 19.4. The fraction of sp³-hybridized carbons (Fsp3) is 0.465. The van der Waals surface area contributed by atoms with E-state index >= 15 is 0 Å². The Morgan fingerprint density at radius 2 is 1.53 bits per heavy atom. The van der Waals surface area contributed by atoms with Crippen molar-refractivity contribution < 1.29 is 62.5 Å².